The Labute approximate surface area is 96.2 Å². The third-order valence-corrected chi connectivity index (χ3v) is 3.02. The van der Waals surface area contributed by atoms with Crippen LogP contribution in [0.25, 0.3) is 0 Å². The monoisotopic (exact) mass is 218 g/mol. The van der Waals surface area contributed by atoms with Gasteiger partial charge in [0.05, 0.1) is 0 Å². The van der Waals surface area contributed by atoms with Crippen molar-refractivity contribution < 1.29 is 4.79 Å². The highest BCUT2D eigenvalue weighted by Crippen LogP contribution is 2.08. The van der Waals surface area contributed by atoms with Gasteiger partial charge in [0.2, 0.25) is 0 Å². The fourth-order valence-corrected chi connectivity index (χ4v) is 2.07. The molecule has 1 aliphatic rings. The third kappa shape index (κ3) is 2.61. The van der Waals surface area contributed by atoms with Gasteiger partial charge >= 0.3 is 0 Å². The number of benzene rings is 1. The van der Waals surface area contributed by atoms with Crippen molar-refractivity contribution in [2.45, 2.75) is 25.8 Å². The third-order valence-electron chi connectivity index (χ3n) is 3.02. The minimum absolute atomic E-state index is 0.0480. The van der Waals surface area contributed by atoms with Crippen LogP contribution in [0, 0.1) is 6.92 Å². The maximum absolute atomic E-state index is 12.0. The molecule has 16 heavy (non-hydrogen) atoms. The second-order valence-corrected chi connectivity index (χ2v) is 4.33. The maximum atomic E-state index is 12.0. The van der Waals surface area contributed by atoms with E-state index in [0.717, 1.165) is 37.1 Å². The van der Waals surface area contributed by atoms with Crippen molar-refractivity contribution in [3.8, 4) is 0 Å². The Kier molecular flexibility index (Phi) is 3.57. The molecule has 0 saturated carbocycles. The lowest BCUT2D eigenvalue weighted by atomic mass is 10.1. The molecule has 1 saturated heterocycles. The Morgan fingerprint density at radius 1 is 1.44 bits per heavy atom. The van der Waals surface area contributed by atoms with E-state index in [2.05, 4.69) is 10.6 Å². The number of rotatable bonds is 2. The lowest BCUT2D eigenvalue weighted by molar-refractivity contribution is 0.0930. The molecule has 1 aromatic carbocycles. The Bertz CT molecular complexity index is 370. The van der Waals surface area contributed by atoms with E-state index in [1.54, 1.807) is 0 Å². The number of aryl methyl sites for hydroxylation is 1. The maximum Gasteiger partial charge on any atom is 0.251 e. The predicted octanol–water partition coefficient (Wildman–Crippen LogP) is 1.48. The molecule has 0 radical (unpaired) electrons. The first-order valence-electron chi connectivity index (χ1n) is 5.84. The van der Waals surface area contributed by atoms with Gasteiger partial charge in [0.15, 0.2) is 0 Å². The van der Waals surface area contributed by atoms with Gasteiger partial charge in [-0.2, -0.15) is 0 Å². The highest BCUT2D eigenvalue weighted by Gasteiger charge is 2.16. The molecule has 1 aromatic rings. The number of carbonyl (C=O) groups excluding carboxylic acids is 1. The van der Waals surface area contributed by atoms with E-state index in [-0.39, 0.29) is 11.9 Å². The van der Waals surface area contributed by atoms with Crippen molar-refractivity contribution in [1.82, 2.24) is 10.6 Å². The largest absolute Gasteiger partial charge is 0.348 e. The Morgan fingerprint density at radius 2 is 2.25 bits per heavy atom. The van der Waals surface area contributed by atoms with Gasteiger partial charge in [0, 0.05) is 18.2 Å². The second-order valence-electron chi connectivity index (χ2n) is 4.33. The molecule has 3 nitrogen and oxygen atoms in total. The zero-order valence-electron chi connectivity index (χ0n) is 9.62. The van der Waals surface area contributed by atoms with Crippen molar-refractivity contribution in [3.63, 3.8) is 0 Å². The van der Waals surface area contributed by atoms with Crippen LogP contribution in [0.15, 0.2) is 24.3 Å². The highest BCUT2D eigenvalue weighted by atomic mass is 16.1. The molecule has 1 atom stereocenters. The minimum Gasteiger partial charge on any atom is -0.348 e. The van der Waals surface area contributed by atoms with Gasteiger partial charge in [0.25, 0.3) is 5.91 Å². The molecular formula is C13H18N2O. The van der Waals surface area contributed by atoms with Gasteiger partial charge in [-0.1, -0.05) is 18.2 Å². The smallest absolute Gasteiger partial charge is 0.251 e. The van der Waals surface area contributed by atoms with Crippen molar-refractivity contribution in [1.29, 1.82) is 0 Å². The average Bonchev–Trinajstić information content (AvgIpc) is 2.31. The summed E-state index contributed by atoms with van der Waals surface area (Å²) in [6, 6.07) is 7.98. The summed E-state index contributed by atoms with van der Waals surface area (Å²) < 4.78 is 0. The SMILES string of the molecule is Cc1ccccc1C(=O)N[C@H]1CCCNC1. The molecule has 2 rings (SSSR count). The molecule has 0 aliphatic carbocycles. The van der Waals surface area contributed by atoms with Gasteiger partial charge in [-0.25, -0.2) is 0 Å². The first kappa shape index (κ1) is 11.1. The van der Waals surface area contributed by atoms with Crippen LogP contribution in [-0.4, -0.2) is 25.0 Å². The van der Waals surface area contributed by atoms with Gasteiger partial charge in [-0.05, 0) is 37.9 Å². The van der Waals surface area contributed by atoms with Gasteiger partial charge in [-0.15, -0.1) is 0 Å². The fraction of sp³-hybridized carbons (Fsp3) is 0.462. The van der Waals surface area contributed by atoms with E-state index in [1.807, 2.05) is 31.2 Å². The summed E-state index contributed by atoms with van der Waals surface area (Å²) in [5.41, 5.74) is 1.82. The molecule has 0 spiro atoms. The zero-order valence-corrected chi connectivity index (χ0v) is 9.62. The summed E-state index contributed by atoms with van der Waals surface area (Å²) in [7, 11) is 0. The van der Waals surface area contributed by atoms with Crippen LogP contribution in [0.1, 0.15) is 28.8 Å². The van der Waals surface area contributed by atoms with Gasteiger partial charge in [0.1, 0.15) is 0 Å². The summed E-state index contributed by atoms with van der Waals surface area (Å²) in [4.78, 5) is 12.0. The van der Waals surface area contributed by atoms with Crippen LogP contribution in [-0.2, 0) is 0 Å². The molecule has 1 amide bonds. The molecule has 0 unspecified atom stereocenters. The van der Waals surface area contributed by atoms with Crippen LogP contribution in [0.2, 0.25) is 0 Å². The molecule has 1 fully saturated rings. The first-order chi connectivity index (χ1) is 7.77. The predicted molar refractivity (Wildman–Crippen MR) is 64.5 cm³/mol. The topological polar surface area (TPSA) is 41.1 Å². The average molecular weight is 218 g/mol. The minimum atomic E-state index is 0.0480. The van der Waals surface area contributed by atoms with E-state index in [0.29, 0.717) is 0 Å². The van der Waals surface area contributed by atoms with Crippen LogP contribution >= 0.6 is 0 Å². The van der Waals surface area contributed by atoms with Crippen LogP contribution in [0.4, 0.5) is 0 Å². The van der Waals surface area contributed by atoms with E-state index in [9.17, 15) is 4.79 Å². The summed E-state index contributed by atoms with van der Waals surface area (Å²) in [5, 5.41) is 6.37. The first-order valence-corrected chi connectivity index (χ1v) is 5.84. The molecule has 1 aliphatic heterocycles. The second kappa shape index (κ2) is 5.12. The molecule has 2 N–H and O–H groups in total. The van der Waals surface area contributed by atoms with Crippen molar-refractivity contribution in [2.24, 2.45) is 0 Å². The van der Waals surface area contributed by atoms with Crippen LogP contribution in [0.3, 0.4) is 0 Å². The zero-order chi connectivity index (χ0) is 11.4. The van der Waals surface area contributed by atoms with Crippen molar-refractivity contribution in [3.05, 3.63) is 35.4 Å². The number of nitrogens with one attached hydrogen (secondary N) is 2. The molecule has 0 bridgehead atoms. The lowest BCUT2D eigenvalue weighted by Crippen LogP contribution is -2.45. The summed E-state index contributed by atoms with van der Waals surface area (Å²) >= 11 is 0. The Morgan fingerprint density at radius 3 is 2.94 bits per heavy atom. The summed E-state index contributed by atoms with van der Waals surface area (Å²) in [5.74, 6) is 0.0480. The van der Waals surface area contributed by atoms with Gasteiger partial charge < -0.3 is 10.6 Å². The van der Waals surface area contributed by atoms with Crippen molar-refractivity contribution in [2.75, 3.05) is 13.1 Å². The molecule has 0 aromatic heterocycles. The number of amides is 1. The lowest BCUT2D eigenvalue weighted by Gasteiger charge is -2.24. The molecule has 1 heterocycles. The summed E-state index contributed by atoms with van der Waals surface area (Å²) in [6.07, 6.45) is 2.21. The van der Waals surface area contributed by atoms with E-state index < -0.39 is 0 Å². The van der Waals surface area contributed by atoms with E-state index in [1.165, 1.54) is 0 Å². The van der Waals surface area contributed by atoms with E-state index in [4.69, 9.17) is 0 Å². The van der Waals surface area contributed by atoms with Crippen molar-refractivity contribution >= 4 is 5.91 Å². The molecule has 3 heteroatoms. The van der Waals surface area contributed by atoms with Crippen LogP contribution < -0.4 is 10.6 Å². The molecule has 86 valence electrons. The number of carbonyl (C=O) groups is 1. The quantitative estimate of drug-likeness (QED) is 0.789. The number of hydrogen-bond acceptors (Lipinski definition) is 2. The standard InChI is InChI=1S/C13H18N2O/c1-10-5-2-3-7-12(10)13(16)15-11-6-4-8-14-9-11/h2-3,5,7,11,14H,4,6,8-9H2,1H3,(H,15,16)/t11-/m0/s1. The Balaban J connectivity index is 2.00. The fourth-order valence-electron chi connectivity index (χ4n) is 2.07. The van der Waals surface area contributed by atoms with Crippen LogP contribution in [0.5, 0.6) is 0 Å². The summed E-state index contributed by atoms with van der Waals surface area (Å²) in [6.45, 7) is 3.92. The normalized spacial score (nSPS) is 20.4. The van der Waals surface area contributed by atoms with Gasteiger partial charge in [-0.3, -0.25) is 4.79 Å². The van der Waals surface area contributed by atoms with E-state index >= 15 is 0 Å². The number of hydrogen-bond donors (Lipinski definition) is 2. The highest BCUT2D eigenvalue weighted by molar-refractivity contribution is 5.95. The number of piperidine rings is 1. The molecular weight excluding hydrogens is 200 g/mol. The Hall–Kier alpha value is -1.35.